The molecule has 0 radical (unpaired) electrons. The minimum atomic E-state index is -0.924. The van der Waals surface area contributed by atoms with E-state index in [1.54, 1.807) is 0 Å². The highest BCUT2D eigenvalue weighted by atomic mass is 16.5. The van der Waals surface area contributed by atoms with Crippen LogP contribution < -0.4 is 5.73 Å². The fraction of sp³-hybridized carbons (Fsp3) is 0.818. The van der Waals surface area contributed by atoms with E-state index < -0.39 is 16.9 Å². The Kier molecular flexibility index (Phi) is 1.47. The molecule has 0 amide bonds. The van der Waals surface area contributed by atoms with Gasteiger partial charge in [-0.2, -0.15) is 0 Å². The van der Waals surface area contributed by atoms with Gasteiger partial charge in [0.15, 0.2) is 11.6 Å². The Morgan fingerprint density at radius 1 is 1.13 bits per heavy atom. The Bertz CT molecular complexity index is 346. The number of nitrogens with two attached hydrogens (primary N) is 1. The van der Waals surface area contributed by atoms with Crippen LogP contribution in [0.3, 0.4) is 0 Å². The zero-order chi connectivity index (χ0) is 11.0. The Labute approximate surface area is 88.1 Å². The van der Waals surface area contributed by atoms with Gasteiger partial charge in [0.1, 0.15) is 6.04 Å². The molecule has 4 unspecified atom stereocenters. The first kappa shape index (κ1) is 9.48. The molecule has 0 aromatic rings. The van der Waals surface area contributed by atoms with Crippen molar-refractivity contribution in [2.24, 2.45) is 16.6 Å². The van der Waals surface area contributed by atoms with Crippen molar-refractivity contribution in [2.75, 3.05) is 0 Å². The number of hydrogen-bond acceptors (Lipinski definition) is 4. The van der Waals surface area contributed by atoms with Gasteiger partial charge in [0.25, 0.3) is 0 Å². The van der Waals surface area contributed by atoms with Crippen LogP contribution in [-0.2, 0) is 14.3 Å². The third-order valence-electron chi connectivity index (χ3n) is 4.97. The summed E-state index contributed by atoms with van der Waals surface area (Å²) >= 11 is 0. The lowest BCUT2D eigenvalue weighted by molar-refractivity contribution is -0.132. The molecule has 2 heterocycles. The van der Waals surface area contributed by atoms with E-state index in [0.717, 1.165) is 12.8 Å². The lowest BCUT2D eigenvalue weighted by Gasteiger charge is -2.38. The minimum Gasteiger partial charge on any atom is -0.373 e. The van der Waals surface area contributed by atoms with E-state index in [4.69, 9.17) is 10.5 Å². The second-order valence-electron chi connectivity index (χ2n) is 5.30. The zero-order valence-corrected chi connectivity index (χ0v) is 8.95. The van der Waals surface area contributed by atoms with Crippen LogP contribution in [0.25, 0.3) is 0 Å². The van der Waals surface area contributed by atoms with Crippen LogP contribution in [0.4, 0.5) is 0 Å². The third kappa shape index (κ3) is 0.693. The molecule has 1 saturated carbocycles. The van der Waals surface area contributed by atoms with Gasteiger partial charge in [-0.25, -0.2) is 0 Å². The highest BCUT2D eigenvalue weighted by Gasteiger charge is 2.76. The lowest BCUT2D eigenvalue weighted by atomic mass is 9.59. The first-order valence-electron chi connectivity index (χ1n) is 5.43. The molecule has 0 aromatic heterocycles. The summed E-state index contributed by atoms with van der Waals surface area (Å²) in [5.74, 6) is -0.246. The number of carbonyl (C=O) groups excluding carboxylic acids is 2. The Morgan fingerprint density at radius 2 is 1.53 bits per heavy atom. The fourth-order valence-corrected chi connectivity index (χ4v) is 3.75. The average Bonchev–Trinajstić information content (AvgIpc) is 2.81. The topological polar surface area (TPSA) is 69.4 Å². The molecule has 4 heteroatoms. The van der Waals surface area contributed by atoms with E-state index in [1.807, 2.05) is 13.8 Å². The van der Waals surface area contributed by atoms with E-state index in [1.165, 1.54) is 0 Å². The van der Waals surface area contributed by atoms with Crippen LogP contribution in [0.5, 0.6) is 0 Å². The number of carbonyl (C=O) groups is 2. The van der Waals surface area contributed by atoms with E-state index in [0.29, 0.717) is 0 Å². The third-order valence-corrected chi connectivity index (χ3v) is 4.97. The molecule has 0 aromatic carbocycles. The predicted octanol–water partition coefficient (Wildman–Crippen LogP) is 0.0393. The number of hydrogen-bond donors (Lipinski definition) is 1. The molecule has 1 aliphatic carbocycles. The monoisotopic (exact) mass is 209 g/mol. The van der Waals surface area contributed by atoms with Crippen LogP contribution in [0.1, 0.15) is 26.7 Å². The number of fused-ring (bicyclic) bond motifs is 5. The molecule has 2 saturated heterocycles. The summed E-state index contributed by atoms with van der Waals surface area (Å²) in [6, 6.07) is -0.924. The summed E-state index contributed by atoms with van der Waals surface area (Å²) in [4.78, 5) is 24.2. The van der Waals surface area contributed by atoms with Crippen LogP contribution in [-0.4, -0.2) is 29.8 Å². The van der Waals surface area contributed by atoms with Gasteiger partial charge in [0.2, 0.25) is 0 Å². The van der Waals surface area contributed by atoms with Gasteiger partial charge in [0, 0.05) is 0 Å². The summed E-state index contributed by atoms with van der Waals surface area (Å²) in [7, 11) is 0. The first-order valence-corrected chi connectivity index (χ1v) is 5.43. The molecule has 3 fully saturated rings. The maximum atomic E-state index is 12.1. The molecule has 15 heavy (non-hydrogen) atoms. The highest BCUT2D eigenvalue weighted by molar-refractivity contribution is 6.19. The standard InChI is InChI=1S/C11H15NO3/c1-10-5-3-4-6(15-5)11(10,2)9(14)7(12)8(10)13/h5-7H,3-4,12H2,1-2H3. The molecular formula is C11H15NO3. The van der Waals surface area contributed by atoms with Gasteiger partial charge in [-0.15, -0.1) is 0 Å². The summed E-state index contributed by atoms with van der Waals surface area (Å²) < 4.78 is 5.74. The van der Waals surface area contributed by atoms with Gasteiger partial charge in [-0.05, 0) is 26.7 Å². The SMILES string of the molecule is CC12C(=O)C(N)C(=O)C1(C)C1CCC2O1. The Morgan fingerprint density at radius 3 is 1.93 bits per heavy atom. The van der Waals surface area contributed by atoms with Crippen molar-refractivity contribution in [3.05, 3.63) is 0 Å². The van der Waals surface area contributed by atoms with Crippen LogP contribution in [0.15, 0.2) is 0 Å². The summed E-state index contributed by atoms with van der Waals surface area (Å²) in [5.41, 5.74) is 4.33. The van der Waals surface area contributed by atoms with Crippen LogP contribution in [0, 0.1) is 10.8 Å². The molecule has 0 spiro atoms. The Hall–Kier alpha value is -0.740. The molecule has 4 atom stereocenters. The van der Waals surface area contributed by atoms with E-state index in [2.05, 4.69) is 0 Å². The van der Waals surface area contributed by atoms with E-state index >= 15 is 0 Å². The maximum Gasteiger partial charge on any atom is 0.166 e. The summed E-state index contributed by atoms with van der Waals surface area (Å²) in [6.07, 6.45) is 1.56. The molecule has 2 bridgehead atoms. The van der Waals surface area contributed by atoms with Crippen molar-refractivity contribution in [3.8, 4) is 0 Å². The molecule has 82 valence electrons. The Balaban J connectivity index is 2.22. The fourth-order valence-electron chi connectivity index (χ4n) is 3.75. The number of rotatable bonds is 0. The van der Waals surface area contributed by atoms with E-state index in [9.17, 15) is 9.59 Å². The van der Waals surface area contributed by atoms with Gasteiger partial charge >= 0.3 is 0 Å². The predicted molar refractivity (Wildman–Crippen MR) is 52.1 cm³/mol. The van der Waals surface area contributed by atoms with Crippen molar-refractivity contribution in [2.45, 2.75) is 44.9 Å². The quantitative estimate of drug-likeness (QED) is 0.572. The molecule has 3 aliphatic rings. The summed E-state index contributed by atoms with van der Waals surface area (Å²) in [6.45, 7) is 3.70. The van der Waals surface area contributed by atoms with Crippen LogP contribution >= 0.6 is 0 Å². The van der Waals surface area contributed by atoms with Gasteiger partial charge in [-0.1, -0.05) is 0 Å². The largest absolute Gasteiger partial charge is 0.373 e. The second kappa shape index (κ2) is 2.33. The number of Topliss-reactive ketones (excluding diaryl/α,β-unsaturated/α-hetero) is 2. The normalized spacial score (nSPS) is 57.7. The molecular weight excluding hydrogens is 194 g/mol. The van der Waals surface area contributed by atoms with Crippen molar-refractivity contribution >= 4 is 11.6 Å². The van der Waals surface area contributed by atoms with Gasteiger partial charge in [0.05, 0.1) is 23.0 Å². The summed E-state index contributed by atoms with van der Waals surface area (Å²) in [5, 5.41) is 0. The van der Waals surface area contributed by atoms with Gasteiger partial charge < -0.3 is 10.5 Å². The van der Waals surface area contributed by atoms with Crippen LogP contribution in [0.2, 0.25) is 0 Å². The smallest absolute Gasteiger partial charge is 0.166 e. The van der Waals surface area contributed by atoms with E-state index in [-0.39, 0.29) is 23.8 Å². The first-order chi connectivity index (χ1) is 6.94. The van der Waals surface area contributed by atoms with Crippen molar-refractivity contribution < 1.29 is 14.3 Å². The number of ketones is 2. The molecule has 2 N–H and O–H groups in total. The molecule has 4 nitrogen and oxygen atoms in total. The lowest BCUT2D eigenvalue weighted by Crippen LogP contribution is -2.48. The zero-order valence-electron chi connectivity index (χ0n) is 8.95. The van der Waals surface area contributed by atoms with Gasteiger partial charge in [-0.3, -0.25) is 9.59 Å². The van der Waals surface area contributed by atoms with Crippen molar-refractivity contribution in [3.63, 3.8) is 0 Å². The minimum absolute atomic E-state index is 0.0995. The maximum absolute atomic E-state index is 12.1. The van der Waals surface area contributed by atoms with Crippen molar-refractivity contribution in [1.82, 2.24) is 0 Å². The molecule has 2 aliphatic heterocycles. The average molecular weight is 209 g/mol. The van der Waals surface area contributed by atoms with Crippen molar-refractivity contribution in [1.29, 1.82) is 0 Å². The second-order valence-corrected chi connectivity index (χ2v) is 5.30. The highest BCUT2D eigenvalue weighted by Crippen LogP contribution is 2.63. The molecule has 3 rings (SSSR count). The number of ether oxygens (including phenoxy) is 1.